The minimum absolute atomic E-state index is 0.0822. The maximum Gasteiger partial charge on any atom is 0.246 e. The van der Waals surface area contributed by atoms with Crippen molar-refractivity contribution in [3.8, 4) is 5.75 Å². The third kappa shape index (κ3) is 16.1. The summed E-state index contributed by atoms with van der Waals surface area (Å²) >= 11 is 3.61. The Labute approximate surface area is 428 Å². The number of carbonyl (C=O) groups excluding carboxylic acids is 4. The number of pyridine rings is 1. The van der Waals surface area contributed by atoms with E-state index in [-0.39, 0.29) is 93.6 Å². The van der Waals surface area contributed by atoms with Crippen LogP contribution in [0.4, 0.5) is 11.4 Å². The van der Waals surface area contributed by atoms with Crippen molar-refractivity contribution in [3.63, 3.8) is 0 Å². The number of amides is 4. The molecule has 1 saturated heterocycles. The van der Waals surface area contributed by atoms with Gasteiger partial charge in [-0.25, -0.2) is 8.42 Å². The van der Waals surface area contributed by atoms with Crippen LogP contribution in [-0.4, -0.2) is 155 Å². The molecule has 3 heterocycles. The Hall–Kier alpha value is -4.22. The van der Waals surface area contributed by atoms with Crippen molar-refractivity contribution in [1.82, 2.24) is 31.2 Å². The zero-order valence-corrected chi connectivity index (χ0v) is 45.6. The molecule has 4 amide bonds. The third-order valence-electron chi connectivity index (χ3n) is 12.2. The molecule has 1 aromatic heterocycles. The second-order valence-corrected chi connectivity index (χ2v) is 25.2. The second kappa shape index (κ2) is 26.1. The molecule has 2 aliphatic heterocycles. The molecular weight excluding hydrogens is 971 g/mol. The number of fused-ring (bicyclic) bond motifs is 2. The first-order chi connectivity index (χ1) is 33.5. The zero-order valence-electron chi connectivity index (χ0n) is 43.1. The molecule has 0 aliphatic carbocycles. The zero-order chi connectivity index (χ0) is 52.1. The maximum absolute atomic E-state index is 14.1. The van der Waals surface area contributed by atoms with Gasteiger partial charge in [0.25, 0.3) is 0 Å². The number of nitrogens with one attached hydrogen (secondary N) is 5. The first-order valence-corrected chi connectivity index (χ1v) is 27.6. The number of benzene rings is 2. The van der Waals surface area contributed by atoms with E-state index in [4.69, 9.17) is 23.7 Å². The Morgan fingerprint density at radius 3 is 2.07 bits per heavy atom. The molecule has 1 fully saturated rings. The Morgan fingerprint density at radius 2 is 1.45 bits per heavy atom. The summed E-state index contributed by atoms with van der Waals surface area (Å²) in [4.78, 5) is 62.1. The van der Waals surface area contributed by atoms with Crippen molar-refractivity contribution >= 4 is 79.3 Å². The highest BCUT2D eigenvalue weighted by molar-refractivity contribution is 8.18. The first-order valence-electron chi connectivity index (χ1n) is 24.2. The number of aromatic nitrogens is 1. The van der Waals surface area contributed by atoms with E-state index in [1.165, 1.54) is 14.7 Å². The molecule has 394 valence electrons. The molecule has 5 rings (SSSR count). The van der Waals surface area contributed by atoms with Crippen LogP contribution in [0.2, 0.25) is 0 Å². The number of carbonyl (C=O) groups is 4. The molecule has 5 N–H and O–H groups in total. The number of rotatable bonds is 26. The lowest BCUT2D eigenvalue weighted by atomic mass is 9.85. The molecule has 0 saturated carbocycles. The van der Waals surface area contributed by atoms with Gasteiger partial charge in [-0.1, -0.05) is 34.6 Å². The molecular formula is C50H75N7O11S3. The topological polar surface area (TPSA) is 225 Å². The lowest BCUT2D eigenvalue weighted by Gasteiger charge is -2.36. The van der Waals surface area contributed by atoms with Crippen LogP contribution in [-0.2, 0) is 48.0 Å². The van der Waals surface area contributed by atoms with Crippen LogP contribution in [0.5, 0.6) is 5.75 Å². The average molecular weight is 1050 g/mol. The molecule has 3 aromatic rings. The molecule has 2 aromatic carbocycles. The molecule has 0 unspecified atom stereocenters. The van der Waals surface area contributed by atoms with Crippen LogP contribution in [0, 0.1) is 11.3 Å². The second-order valence-electron chi connectivity index (χ2n) is 20.1. The third-order valence-corrected chi connectivity index (χ3v) is 17.1. The number of nitrogens with zero attached hydrogens (tertiary/aromatic N) is 2. The van der Waals surface area contributed by atoms with Gasteiger partial charge in [-0.15, -0.1) is 23.5 Å². The van der Waals surface area contributed by atoms with Gasteiger partial charge in [-0.2, -0.15) is 0 Å². The van der Waals surface area contributed by atoms with Crippen LogP contribution in [0.3, 0.4) is 0 Å². The van der Waals surface area contributed by atoms with E-state index in [9.17, 15) is 27.6 Å². The summed E-state index contributed by atoms with van der Waals surface area (Å²) < 4.78 is 55.2. The van der Waals surface area contributed by atoms with E-state index >= 15 is 0 Å². The fraction of sp³-hybridized carbons (Fsp3) is 0.620. The lowest BCUT2D eigenvalue weighted by molar-refractivity contribution is -0.144. The standard InChI is InChI=1S/C50H75N7O11S3/c1-31(2)32(3)53-47(60)39-24-35(28-57(39)48(61)45(49(5,6)7)56-46(59)33(4)51-11)55-44(58)29-67-21-20-65-17-16-64-18-19-66-22-23-68-40-27-38-36(26-43(40)71(62,63)50(8,9)10)37(14-15-52-38)54-34-12-13-41-42(25-34)70-30-69-41/h12-15,25-27,31-33,35,39,45,51H,16-24,28-30H2,1-11H3,(H,52,54)(H,53,60)(H,55,58)(H,56,59)/t32-,33+,35+,39+,45-/m1/s1. The van der Waals surface area contributed by atoms with Gasteiger partial charge in [0.1, 0.15) is 35.9 Å². The molecule has 0 radical (unpaired) electrons. The Balaban J connectivity index is 1.00. The summed E-state index contributed by atoms with van der Waals surface area (Å²) in [5.74, 6) is -1.08. The van der Waals surface area contributed by atoms with Crippen molar-refractivity contribution in [3.05, 3.63) is 42.6 Å². The fourth-order valence-electron chi connectivity index (χ4n) is 7.48. The molecule has 0 bridgehead atoms. The molecule has 71 heavy (non-hydrogen) atoms. The van der Waals surface area contributed by atoms with Crippen LogP contribution >= 0.6 is 23.5 Å². The number of thioether (sulfide) groups is 2. The van der Waals surface area contributed by atoms with Gasteiger partial charge in [0.2, 0.25) is 23.6 Å². The fourth-order valence-corrected chi connectivity index (χ4v) is 11.2. The summed E-state index contributed by atoms with van der Waals surface area (Å²) in [5, 5.41) is 16.8. The Kier molecular flexibility index (Phi) is 21.2. The van der Waals surface area contributed by atoms with Crippen molar-refractivity contribution in [2.24, 2.45) is 11.3 Å². The monoisotopic (exact) mass is 1050 g/mol. The van der Waals surface area contributed by atoms with Crippen LogP contribution in [0.25, 0.3) is 10.9 Å². The number of anilines is 2. The van der Waals surface area contributed by atoms with Gasteiger partial charge >= 0.3 is 0 Å². The highest BCUT2D eigenvalue weighted by Gasteiger charge is 2.46. The molecule has 18 nitrogen and oxygen atoms in total. The smallest absolute Gasteiger partial charge is 0.246 e. The Morgan fingerprint density at radius 1 is 0.817 bits per heavy atom. The normalized spacial score (nSPS) is 17.4. The average Bonchev–Trinajstić information content (AvgIpc) is 3.96. The highest BCUT2D eigenvalue weighted by Crippen LogP contribution is 2.44. The number of sulfone groups is 1. The van der Waals surface area contributed by atoms with Crippen molar-refractivity contribution in [2.45, 2.75) is 125 Å². The summed E-state index contributed by atoms with van der Waals surface area (Å²) in [6.07, 6.45) is 1.89. The van der Waals surface area contributed by atoms with Crippen molar-refractivity contribution < 1.29 is 51.3 Å². The largest absolute Gasteiger partial charge is 0.490 e. The predicted molar refractivity (Wildman–Crippen MR) is 278 cm³/mol. The molecule has 5 atom stereocenters. The van der Waals surface area contributed by atoms with Crippen LogP contribution in [0.1, 0.15) is 75.7 Å². The number of ether oxygens (including phenoxy) is 5. The van der Waals surface area contributed by atoms with Crippen LogP contribution in [0.15, 0.2) is 57.3 Å². The summed E-state index contributed by atoms with van der Waals surface area (Å²) in [7, 11) is -2.16. The quantitative estimate of drug-likeness (QED) is 0.0623. The highest BCUT2D eigenvalue weighted by atomic mass is 32.2. The lowest BCUT2D eigenvalue weighted by Crippen LogP contribution is -2.60. The van der Waals surface area contributed by atoms with Gasteiger partial charge < -0.3 is 55.2 Å². The van der Waals surface area contributed by atoms with E-state index in [1.54, 1.807) is 64.8 Å². The number of hydrogen-bond donors (Lipinski definition) is 5. The predicted octanol–water partition coefficient (Wildman–Crippen LogP) is 5.54. The first kappa shape index (κ1) is 57.7. The van der Waals surface area contributed by atoms with E-state index in [2.05, 4.69) is 43.7 Å². The van der Waals surface area contributed by atoms with Gasteiger partial charge in [0.05, 0.1) is 62.6 Å². The summed E-state index contributed by atoms with van der Waals surface area (Å²) in [6, 6.07) is 8.41. The van der Waals surface area contributed by atoms with E-state index in [1.807, 2.05) is 65.4 Å². The van der Waals surface area contributed by atoms with Crippen LogP contribution < -0.4 is 31.3 Å². The maximum atomic E-state index is 14.1. The Bertz CT molecular complexity index is 2410. The van der Waals surface area contributed by atoms with E-state index in [0.29, 0.717) is 24.1 Å². The SMILES string of the molecule is CN[C@@H](C)C(=O)N[C@H](C(=O)N1C[C@@H](NC(=O)COCCOCCOCCOCCOc2cc3nccc(Nc4ccc5c(c4)SCS5)c3cc2S(=O)(=O)C(C)(C)C)C[C@H]1C(=O)N[C@H](C)C(C)C)C(C)(C)C. The summed E-state index contributed by atoms with van der Waals surface area (Å²) in [6.45, 7) is 19.8. The summed E-state index contributed by atoms with van der Waals surface area (Å²) in [5.41, 5.74) is 1.56. The van der Waals surface area contributed by atoms with Crippen molar-refractivity contribution in [2.75, 3.05) is 83.5 Å². The minimum Gasteiger partial charge on any atom is -0.490 e. The number of likely N-dealkylation sites (N-methyl/N-ethyl adjacent to an activating group) is 1. The number of hydrogen-bond acceptors (Lipinski definition) is 16. The van der Waals surface area contributed by atoms with Crippen molar-refractivity contribution in [1.29, 1.82) is 0 Å². The molecule has 21 heteroatoms. The molecule has 0 spiro atoms. The van der Waals surface area contributed by atoms with Gasteiger partial charge in [0, 0.05) is 62.5 Å². The van der Waals surface area contributed by atoms with E-state index in [0.717, 1.165) is 16.5 Å². The van der Waals surface area contributed by atoms with Gasteiger partial charge in [0.15, 0.2) is 9.84 Å². The number of likely N-dealkylation sites (tertiary alicyclic amines) is 1. The van der Waals surface area contributed by atoms with Gasteiger partial charge in [-0.3, -0.25) is 24.2 Å². The molecule has 2 aliphatic rings. The van der Waals surface area contributed by atoms with E-state index < -0.39 is 56.0 Å². The minimum atomic E-state index is -3.81. The van der Waals surface area contributed by atoms with Gasteiger partial charge in [-0.05, 0) is 89.8 Å².